The normalized spacial score (nSPS) is 12.8. The summed E-state index contributed by atoms with van der Waals surface area (Å²) in [5, 5.41) is 2.99. The third-order valence-electron chi connectivity index (χ3n) is 4.23. The number of carbonyl (C=O) groups is 1. The summed E-state index contributed by atoms with van der Waals surface area (Å²) in [5.41, 5.74) is 1.21. The number of benzene rings is 2. The summed E-state index contributed by atoms with van der Waals surface area (Å²) in [4.78, 5) is 12.6. The molecular formula is C21H27NO3S. The van der Waals surface area contributed by atoms with E-state index in [1.54, 1.807) is 54.6 Å². The van der Waals surface area contributed by atoms with E-state index < -0.39 is 9.84 Å². The van der Waals surface area contributed by atoms with Crippen LogP contribution < -0.4 is 5.32 Å². The SMILES string of the molecule is CC(C)CCC(C)NC(=O)c1ccc(CS(=O)(=O)c2ccccc2)cc1. The smallest absolute Gasteiger partial charge is 0.251 e. The van der Waals surface area contributed by atoms with Crippen molar-refractivity contribution < 1.29 is 13.2 Å². The Hall–Kier alpha value is -2.14. The van der Waals surface area contributed by atoms with E-state index >= 15 is 0 Å². The molecule has 0 spiro atoms. The fraction of sp³-hybridized carbons (Fsp3) is 0.381. The van der Waals surface area contributed by atoms with Gasteiger partial charge in [-0.1, -0.05) is 44.2 Å². The van der Waals surface area contributed by atoms with Gasteiger partial charge in [-0.2, -0.15) is 0 Å². The third kappa shape index (κ3) is 5.99. The second kappa shape index (κ2) is 8.99. The standard InChI is InChI=1S/C21H27NO3S/c1-16(2)9-10-17(3)22-21(23)19-13-11-18(12-14-19)15-26(24,25)20-7-5-4-6-8-20/h4-8,11-14,16-17H,9-10,15H2,1-3H3,(H,22,23). The van der Waals surface area contributed by atoms with Crippen molar-refractivity contribution in [3.8, 4) is 0 Å². The molecule has 1 atom stereocenters. The van der Waals surface area contributed by atoms with E-state index in [9.17, 15) is 13.2 Å². The van der Waals surface area contributed by atoms with E-state index in [4.69, 9.17) is 0 Å². The molecule has 0 aliphatic heterocycles. The molecule has 0 heterocycles. The van der Waals surface area contributed by atoms with Crippen LogP contribution in [-0.4, -0.2) is 20.4 Å². The molecule has 0 bridgehead atoms. The molecule has 5 heteroatoms. The van der Waals surface area contributed by atoms with Crippen LogP contribution >= 0.6 is 0 Å². The molecule has 0 aliphatic rings. The molecule has 140 valence electrons. The van der Waals surface area contributed by atoms with Gasteiger partial charge in [-0.25, -0.2) is 8.42 Å². The highest BCUT2D eigenvalue weighted by Crippen LogP contribution is 2.16. The van der Waals surface area contributed by atoms with Gasteiger partial charge in [0, 0.05) is 11.6 Å². The Balaban J connectivity index is 1.98. The third-order valence-corrected chi connectivity index (χ3v) is 5.93. The molecule has 26 heavy (non-hydrogen) atoms. The van der Waals surface area contributed by atoms with Gasteiger partial charge in [-0.05, 0) is 55.5 Å². The topological polar surface area (TPSA) is 63.2 Å². The van der Waals surface area contributed by atoms with Gasteiger partial charge in [0.05, 0.1) is 10.6 Å². The molecule has 1 amide bonds. The minimum absolute atomic E-state index is 0.0797. The number of amides is 1. The molecule has 1 N–H and O–H groups in total. The number of hydrogen-bond acceptors (Lipinski definition) is 3. The van der Waals surface area contributed by atoms with Crippen LogP contribution in [0.2, 0.25) is 0 Å². The zero-order valence-electron chi connectivity index (χ0n) is 15.6. The van der Waals surface area contributed by atoms with Crippen molar-refractivity contribution in [3.63, 3.8) is 0 Å². The number of nitrogens with one attached hydrogen (secondary N) is 1. The van der Waals surface area contributed by atoms with Crippen LogP contribution in [-0.2, 0) is 15.6 Å². The molecule has 0 aromatic heterocycles. The van der Waals surface area contributed by atoms with Crippen molar-refractivity contribution in [1.29, 1.82) is 0 Å². The van der Waals surface area contributed by atoms with Crippen molar-refractivity contribution >= 4 is 15.7 Å². The van der Waals surface area contributed by atoms with Crippen molar-refractivity contribution in [3.05, 3.63) is 65.7 Å². The molecule has 2 aromatic rings. The van der Waals surface area contributed by atoms with E-state index in [-0.39, 0.29) is 17.7 Å². The Morgan fingerprint density at radius 3 is 2.12 bits per heavy atom. The van der Waals surface area contributed by atoms with Gasteiger partial charge in [-0.15, -0.1) is 0 Å². The van der Waals surface area contributed by atoms with E-state index in [1.165, 1.54) is 0 Å². The average molecular weight is 374 g/mol. The Morgan fingerprint density at radius 1 is 0.923 bits per heavy atom. The average Bonchev–Trinajstić information content (AvgIpc) is 2.61. The van der Waals surface area contributed by atoms with Crippen LogP contribution in [0.4, 0.5) is 0 Å². The number of hydrogen-bond donors (Lipinski definition) is 1. The first-order valence-electron chi connectivity index (χ1n) is 8.95. The molecular weight excluding hydrogens is 346 g/mol. The van der Waals surface area contributed by atoms with Gasteiger partial charge < -0.3 is 5.32 Å². The summed E-state index contributed by atoms with van der Waals surface area (Å²) >= 11 is 0. The van der Waals surface area contributed by atoms with Gasteiger partial charge >= 0.3 is 0 Å². The predicted molar refractivity (Wildman–Crippen MR) is 105 cm³/mol. The first kappa shape index (κ1) is 20.2. The molecule has 4 nitrogen and oxygen atoms in total. The van der Waals surface area contributed by atoms with Crippen LogP contribution in [0.5, 0.6) is 0 Å². The highest BCUT2D eigenvalue weighted by Gasteiger charge is 2.15. The second-order valence-electron chi connectivity index (χ2n) is 7.11. The van der Waals surface area contributed by atoms with Crippen LogP contribution in [0, 0.1) is 5.92 Å². The first-order valence-corrected chi connectivity index (χ1v) is 10.6. The molecule has 2 aromatic carbocycles. The monoisotopic (exact) mass is 373 g/mol. The van der Waals surface area contributed by atoms with E-state index in [0.29, 0.717) is 21.9 Å². The summed E-state index contributed by atoms with van der Waals surface area (Å²) in [6.45, 7) is 6.33. The molecule has 2 rings (SSSR count). The minimum atomic E-state index is -3.38. The highest BCUT2D eigenvalue weighted by atomic mass is 32.2. The van der Waals surface area contributed by atoms with Crippen LogP contribution in [0.15, 0.2) is 59.5 Å². The Labute approximate surface area is 156 Å². The maximum atomic E-state index is 12.4. The minimum Gasteiger partial charge on any atom is -0.350 e. The zero-order chi connectivity index (χ0) is 19.2. The fourth-order valence-electron chi connectivity index (χ4n) is 2.65. The Morgan fingerprint density at radius 2 is 1.54 bits per heavy atom. The summed E-state index contributed by atoms with van der Waals surface area (Å²) in [7, 11) is -3.38. The maximum Gasteiger partial charge on any atom is 0.251 e. The van der Waals surface area contributed by atoms with Gasteiger partial charge in [0.15, 0.2) is 9.84 Å². The van der Waals surface area contributed by atoms with E-state index in [2.05, 4.69) is 19.2 Å². The van der Waals surface area contributed by atoms with Crippen LogP contribution in [0.25, 0.3) is 0 Å². The zero-order valence-corrected chi connectivity index (χ0v) is 16.4. The van der Waals surface area contributed by atoms with Crippen LogP contribution in [0.3, 0.4) is 0 Å². The van der Waals surface area contributed by atoms with E-state index in [1.807, 2.05) is 6.92 Å². The fourth-order valence-corrected chi connectivity index (χ4v) is 4.02. The number of sulfone groups is 1. The van der Waals surface area contributed by atoms with Crippen LogP contribution in [0.1, 0.15) is 49.5 Å². The molecule has 0 radical (unpaired) electrons. The van der Waals surface area contributed by atoms with Gasteiger partial charge in [-0.3, -0.25) is 4.79 Å². The lowest BCUT2D eigenvalue weighted by Gasteiger charge is -2.15. The summed E-state index contributed by atoms with van der Waals surface area (Å²) in [5.74, 6) is 0.405. The van der Waals surface area contributed by atoms with Crippen molar-refractivity contribution in [1.82, 2.24) is 5.32 Å². The van der Waals surface area contributed by atoms with Crippen molar-refractivity contribution in [2.45, 2.75) is 50.3 Å². The molecule has 0 fully saturated rings. The lowest BCUT2D eigenvalue weighted by atomic mass is 10.0. The number of carbonyl (C=O) groups excluding carboxylic acids is 1. The lowest BCUT2D eigenvalue weighted by molar-refractivity contribution is 0.0937. The van der Waals surface area contributed by atoms with Gasteiger partial charge in [0.1, 0.15) is 0 Å². The van der Waals surface area contributed by atoms with Crippen molar-refractivity contribution in [2.75, 3.05) is 0 Å². The Kier molecular flexibility index (Phi) is 6.98. The maximum absolute atomic E-state index is 12.4. The van der Waals surface area contributed by atoms with Gasteiger partial charge in [0.2, 0.25) is 0 Å². The lowest BCUT2D eigenvalue weighted by Crippen LogP contribution is -2.32. The largest absolute Gasteiger partial charge is 0.350 e. The number of rotatable bonds is 8. The van der Waals surface area contributed by atoms with E-state index in [0.717, 1.165) is 12.8 Å². The highest BCUT2D eigenvalue weighted by molar-refractivity contribution is 7.90. The molecule has 0 aliphatic carbocycles. The first-order chi connectivity index (χ1) is 12.3. The molecule has 0 saturated heterocycles. The summed E-state index contributed by atoms with van der Waals surface area (Å²) < 4.78 is 24.8. The Bertz CT molecular complexity index is 812. The van der Waals surface area contributed by atoms with Crippen molar-refractivity contribution in [2.24, 2.45) is 5.92 Å². The quantitative estimate of drug-likeness (QED) is 0.754. The predicted octanol–water partition coefficient (Wildman–Crippen LogP) is 4.22. The summed E-state index contributed by atoms with van der Waals surface area (Å²) in [6, 6.07) is 15.3. The molecule has 0 saturated carbocycles. The second-order valence-corrected chi connectivity index (χ2v) is 9.10. The molecule has 1 unspecified atom stereocenters. The summed E-state index contributed by atoms with van der Waals surface area (Å²) in [6.07, 6.45) is 2.01. The van der Waals surface area contributed by atoms with Gasteiger partial charge in [0.25, 0.3) is 5.91 Å².